The Bertz CT molecular complexity index is 776. The number of nitrogens with one attached hydrogen (secondary N) is 2. The number of ether oxygens (including phenoxy) is 2. The van der Waals surface area contributed by atoms with Crippen molar-refractivity contribution in [2.75, 3.05) is 46.1 Å². The van der Waals surface area contributed by atoms with Crippen LogP contribution < -0.4 is 20.1 Å². The Hall–Kier alpha value is -2.48. The first-order chi connectivity index (χ1) is 16.0. The van der Waals surface area contributed by atoms with Gasteiger partial charge in [-0.3, -0.25) is 4.79 Å². The lowest BCUT2D eigenvalue weighted by atomic mass is 9.96. The SMILES string of the molecule is CCN(CC)CCCNC(=O)C1CCN(C(=O)N[C@@H](C)CCc2ccc3c(c2)OCO3)CC1. The number of hydrogen-bond donors (Lipinski definition) is 2. The van der Waals surface area contributed by atoms with Gasteiger partial charge >= 0.3 is 6.03 Å². The monoisotopic (exact) mass is 460 g/mol. The second-order valence-electron chi connectivity index (χ2n) is 9.01. The average Bonchev–Trinajstić information content (AvgIpc) is 3.31. The molecule has 2 aliphatic rings. The van der Waals surface area contributed by atoms with E-state index in [1.54, 1.807) is 0 Å². The molecule has 3 rings (SSSR count). The zero-order valence-electron chi connectivity index (χ0n) is 20.4. The minimum Gasteiger partial charge on any atom is -0.454 e. The van der Waals surface area contributed by atoms with E-state index in [-0.39, 0.29) is 30.7 Å². The van der Waals surface area contributed by atoms with Gasteiger partial charge in [0, 0.05) is 31.6 Å². The smallest absolute Gasteiger partial charge is 0.317 e. The standard InChI is InChI=1S/C25H40N4O4/c1-4-28(5-2)14-6-13-26-24(30)21-11-15-29(16-12-21)25(31)27-19(3)7-8-20-9-10-22-23(17-20)33-18-32-22/h9-10,17,19,21H,4-8,11-16,18H2,1-3H3,(H,26,30)(H,27,31)/t19-/m0/s1. The molecule has 2 N–H and O–H groups in total. The van der Waals surface area contributed by atoms with E-state index in [0.29, 0.717) is 13.1 Å². The van der Waals surface area contributed by atoms with Gasteiger partial charge in [-0.25, -0.2) is 4.79 Å². The largest absolute Gasteiger partial charge is 0.454 e. The Labute approximate surface area is 198 Å². The summed E-state index contributed by atoms with van der Waals surface area (Å²) in [6, 6.07) is 6.02. The molecule has 1 atom stereocenters. The van der Waals surface area contributed by atoms with Crippen LogP contribution in [-0.2, 0) is 11.2 Å². The van der Waals surface area contributed by atoms with Crippen LogP contribution in [0.1, 0.15) is 52.0 Å². The molecule has 33 heavy (non-hydrogen) atoms. The number of urea groups is 1. The van der Waals surface area contributed by atoms with E-state index in [1.807, 2.05) is 30.0 Å². The molecule has 2 heterocycles. The van der Waals surface area contributed by atoms with Crippen LogP contribution in [0.2, 0.25) is 0 Å². The van der Waals surface area contributed by atoms with E-state index in [1.165, 1.54) is 5.56 Å². The molecule has 0 saturated carbocycles. The van der Waals surface area contributed by atoms with Crippen LogP contribution in [0.5, 0.6) is 11.5 Å². The van der Waals surface area contributed by atoms with Crippen LogP contribution in [0.4, 0.5) is 4.79 Å². The third-order valence-corrected chi connectivity index (χ3v) is 6.67. The summed E-state index contributed by atoms with van der Waals surface area (Å²) in [6.07, 6.45) is 4.12. The maximum Gasteiger partial charge on any atom is 0.317 e. The Kier molecular flexibility index (Phi) is 9.66. The zero-order valence-corrected chi connectivity index (χ0v) is 20.4. The van der Waals surface area contributed by atoms with Crippen LogP contribution in [0.3, 0.4) is 0 Å². The lowest BCUT2D eigenvalue weighted by molar-refractivity contribution is -0.126. The summed E-state index contributed by atoms with van der Waals surface area (Å²) < 4.78 is 10.8. The quantitative estimate of drug-likeness (QED) is 0.496. The van der Waals surface area contributed by atoms with E-state index in [9.17, 15) is 9.59 Å². The molecule has 1 fully saturated rings. The normalized spacial score (nSPS) is 16.7. The topological polar surface area (TPSA) is 83.1 Å². The molecule has 8 heteroatoms. The van der Waals surface area contributed by atoms with Crippen molar-refractivity contribution in [2.45, 2.75) is 58.9 Å². The predicted molar refractivity (Wildman–Crippen MR) is 129 cm³/mol. The first-order valence-electron chi connectivity index (χ1n) is 12.4. The maximum atomic E-state index is 12.7. The van der Waals surface area contributed by atoms with Gasteiger partial charge in [0.05, 0.1) is 0 Å². The summed E-state index contributed by atoms with van der Waals surface area (Å²) in [6.45, 7) is 11.7. The second kappa shape index (κ2) is 12.7. The van der Waals surface area contributed by atoms with Crippen molar-refractivity contribution in [1.29, 1.82) is 0 Å². The summed E-state index contributed by atoms with van der Waals surface area (Å²) in [7, 11) is 0. The second-order valence-corrected chi connectivity index (χ2v) is 9.01. The molecule has 0 spiro atoms. The highest BCUT2D eigenvalue weighted by molar-refractivity contribution is 5.79. The van der Waals surface area contributed by atoms with Gasteiger partial charge in [-0.1, -0.05) is 19.9 Å². The number of aryl methyl sites for hydroxylation is 1. The van der Waals surface area contributed by atoms with Gasteiger partial charge in [-0.15, -0.1) is 0 Å². The van der Waals surface area contributed by atoms with E-state index in [2.05, 4.69) is 29.4 Å². The molecular weight excluding hydrogens is 420 g/mol. The summed E-state index contributed by atoms with van der Waals surface area (Å²) >= 11 is 0. The molecule has 1 saturated heterocycles. The number of carbonyl (C=O) groups is 2. The molecule has 8 nitrogen and oxygen atoms in total. The number of benzene rings is 1. The number of amides is 3. The van der Waals surface area contributed by atoms with Gasteiger partial charge in [0.15, 0.2) is 11.5 Å². The molecule has 0 aromatic heterocycles. The van der Waals surface area contributed by atoms with Gasteiger partial charge in [0.1, 0.15) is 0 Å². The van der Waals surface area contributed by atoms with E-state index in [0.717, 1.165) is 69.8 Å². The highest BCUT2D eigenvalue weighted by atomic mass is 16.7. The molecule has 2 aliphatic heterocycles. The van der Waals surface area contributed by atoms with E-state index >= 15 is 0 Å². The molecular formula is C25H40N4O4. The number of carbonyl (C=O) groups excluding carboxylic acids is 2. The molecule has 0 bridgehead atoms. The van der Waals surface area contributed by atoms with Crippen molar-refractivity contribution in [3.63, 3.8) is 0 Å². The fraction of sp³-hybridized carbons (Fsp3) is 0.680. The van der Waals surface area contributed by atoms with Crippen LogP contribution in [0.15, 0.2) is 18.2 Å². The predicted octanol–water partition coefficient (Wildman–Crippen LogP) is 3.01. The summed E-state index contributed by atoms with van der Waals surface area (Å²) in [5.74, 6) is 1.72. The van der Waals surface area contributed by atoms with Crippen molar-refractivity contribution < 1.29 is 19.1 Å². The number of fused-ring (bicyclic) bond motifs is 1. The van der Waals surface area contributed by atoms with Crippen molar-refractivity contribution in [3.05, 3.63) is 23.8 Å². The van der Waals surface area contributed by atoms with Gasteiger partial charge < -0.3 is 29.9 Å². The molecule has 1 aromatic rings. The highest BCUT2D eigenvalue weighted by Gasteiger charge is 2.27. The molecule has 1 aromatic carbocycles. The number of rotatable bonds is 11. The van der Waals surface area contributed by atoms with Crippen molar-refractivity contribution in [1.82, 2.24) is 20.4 Å². The van der Waals surface area contributed by atoms with Crippen LogP contribution >= 0.6 is 0 Å². The lowest BCUT2D eigenvalue weighted by Gasteiger charge is -2.32. The third kappa shape index (κ3) is 7.52. The average molecular weight is 461 g/mol. The molecule has 0 radical (unpaired) electrons. The summed E-state index contributed by atoms with van der Waals surface area (Å²) in [5.41, 5.74) is 1.17. The van der Waals surface area contributed by atoms with E-state index < -0.39 is 0 Å². The van der Waals surface area contributed by atoms with Crippen molar-refractivity contribution in [2.24, 2.45) is 5.92 Å². The minimum absolute atomic E-state index is 0.00549. The van der Waals surface area contributed by atoms with Crippen LogP contribution in [0.25, 0.3) is 0 Å². The van der Waals surface area contributed by atoms with Crippen LogP contribution in [0, 0.1) is 5.92 Å². The highest BCUT2D eigenvalue weighted by Crippen LogP contribution is 2.32. The van der Waals surface area contributed by atoms with Gasteiger partial charge in [-0.05, 0) is 76.4 Å². The number of likely N-dealkylation sites (tertiary alicyclic amines) is 1. The van der Waals surface area contributed by atoms with E-state index in [4.69, 9.17) is 9.47 Å². The number of hydrogen-bond acceptors (Lipinski definition) is 5. The van der Waals surface area contributed by atoms with Crippen molar-refractivity contribution >= 4 is 11.9 Å². The summed E-state index contributed by atoms with van der Waals surface area (Å²) in [5, 5.41) is 6.18. The number of piperidine rings is 1. The Balaban J connectivity index is 1.31. The minimum atomic E-state index is -0.0359. The fourth-order valence-electron chi connectivity index (χ4n) is 4.40. The molecule has 0 unspecified atom stereocenters. The van der Waals surface area contributed by atoms with Crippen LogP contribution in [-0.4, -0.2) is 73.8 Å². The Morgan fingerprint density at radius 1 is 1.15 bits per heavy atom. The number of nitrogens with zero attached hydrogens (tertiary/aromatic N) is 2. The zero-order chi connectivity index (χ0) is 23.6. The molecule has 3 amide bonds. The lowest BCUT2D eigenvalue weighted by Crippen LogP contribution is -2.49. The maximum absolute atomic E-state index is 12.7. The fourth-order valence-corrected chi connectivity index (χ4v) is 4.40. The Morgan fingerprint density at radius 2 is 1.88 bits per heavy atom. The molecule has 0 aliphatic carbocycles. The van der Waals surface area contributed by atoms with Gasteiger partial charge in [0.25, 0.3) is 0 Å². The van der Waals surface area contributed by atoms with Gasteiger partial charge in [-0.2, -0.15) is 0 Å². The summed E-state index contributed by atoms with van der Waals surface area (Å²) in [4.78, 5) is 29.3. The third-order valence-electron chi connectivity index (χ3n) is 6.67. The Morgan fingerprint density at radius 3 is 2.61 bits per heavy atom. The first kappa shape index (κ1) is 25.1. The first-order valence-corrected chi connectivity index (χ1v) is 12.4. The molecule has 184 valence electrons. The van der Waals surface area contributed by atoms with Gasteiger partial charge in [0.2, 0.25) is 12.7 Å². The van der Waals surface area contributed by atoms with Crippen molar-refractivity contribution in [3.8, 4) is 11.5 Å².